The van der Waals surface area contributed by atoms with E-state index in [1.54, 1.807) is 29.7 Å². The van der Waals surface area contributed by atoms with Crippen LogP contribution in [0.5, 0.6) is 0 Å². The van der Waals surface area contributed by atoms with Crippen molar-refractivity contribution in [2.45, 2.75) is 11.7 Å². The normalized spacial score (nSPS) is 11.0. The summed E-state index contributed by atoms with van der Waals surface area (Å²) in [6, 6.07) is 7.13. The number of nitrogens with one attached hydrogen (secondary N) is 1. The van der Waals surface area contributed by atoms with Gasteiger partial charge in [0, 0.05) is 17.5 Å². The Balaban J connectivity index is 0.000000220. The van der Waals surface area contributed by atoms with Gasteiger partial charge in [0.05, 0.1) is 12.7 Å². The molecule has 2 aromatic rings. The van der Waals surface area contributed by atoms with Crippen LogP contribution in [0.1, 0.15) is 15.2 Å². The van der Waals surface area contributed by atoms with Gasteiger partial charge in [-0.15, -0.1) is 11.3 Å². The zero-order chi connectivity index (χ0) is 16.5. The number of ether oxygens (including phenoxy) is 1. The summed E-state index contributed by atoms with van der Waals surface area (Å²) in [5.74, 6) is -1.27. The van der Waals surface area contributed by atoms with Crippen molar-refractivity contribution < 1.29 is 19.4 Å². The van der Waals surface area contributed by atoms with Gasteiger partial charge in [0.1, 0.15) is 9.89 Å². The quantitative estimate of drug-likeness (QED) is 0.445. The van der Waals surface area contributed by atoms with Gasteiger partial charge in [-0.25, -0.2) is 4.79 Å². The van der Waals surface area contributed by atoms with Crippen LogP contribution in [0, 0.1) is 4.64 Å². The molecule has 0 amide bonds. The van der Waals surface area contributed by atoms with Crippen molar-refractivity contribution in [3.63, 3.8) is 0 Å². The molecule has 5 nitrogen and oxygen atoms in total. The summed E-state index contributed by atoms with van der Waals surface area (Å²) in [5.41, 5.74) is 0.394. The first kappa shape index (κ1) is 18.4. The standard InChI is InChI=1S/C7H7NO2S.C7H8O2S2/c1-10-7(9)5-3-2-4-8-6(5)11;8-7(9)6(10)4-5-2-1-3-11-5/h2-4H,1H3,(H,8,11);1-3,6,10H,4H2,(H,8,9). The minimum absolute atomic E-state index is 0.394. The molecule has 0 aliphatic rings. The monoisotopic (exact) mass is 357 g/mol. The highest BCUT2D eigenvalue weighted by molar-refractivity contribution is 7.81. The van der Waals surface area contributed by atoms with E-state index in [-0.39, 0.29) is 0 Å². The van der Waals surface area contributed by atoms with E-state index in [0.717, 1.165) is 4.88 Å². The average molecular weight is 357 g/mol. The first-order chi connectivity index (χ1) is 10.5. The summed E-state index contributed by atoms with van der Waals surface area (Å²) in [6.45, 7) is 0. The lowest BCUT2D eigenvalue weighted by molar-refractivity contribution is -0.136. The number of hydrogen-bond donors (Lipinski definition) is 3. The van der Waals surface area contributed by atoms with Crippen molar-refractivity contribution in [1.29, 1.82) is 0 Å². The number of hydrogen-bond acceptors (Lipinski definition) is 6. The summed E-state index contributed by atoms with van der Waals surface area (Å²) < 4.78 is 4.89. The number of methoxy groups -OCH3 is 1. The smallest absolute Gasteiger partial charge is 0.340 e. The summed E-state index contributed by atoms with van der Waals surface area (Å²) in [4.78, 5) is 25.1. The molecule has 2 rings (SSSR count). The van der Waals surface area contributed by atoms with E-state index in [1.165, 1.54) is 7.11 Å². The Bertz CT molecular complexity index is 667. The Hall–Kier alpha value is -1.64. The molecule has 0 fully saturated rings. The van der Waals surface area contributed by atoms with Gasteiger partial charge >= 0.3 is 11.9 Å². The number of esters is 1. The van der Waals surface area contributed by atoms with Gasteiger partial charge in [-0.2, -0.15) is 12.6 Å². The van der Waals surface area contributed by atoms with Crippen LogP contribution in [0.25, 0.3) is 0 Å². The van der Waals surface area contributed by atoms with Crippen LogP contribution in [-0.4, -0.2) is 34.4 Å². The van der Waals surface area contributed by atoms with Gasteiger partial charge in [0.25, 0.3) is 0 Å². The van der Waals surface area contributed by atoms with Gasteiger partial charge in [-0.05, 0) is 23.6 Å². The highest BCUT2D eigenvalue weighted by Crippen LogP contribution is 2.13. The zero-order valence-electron chi connectivity index (χ0n) is 11.7. The molecule has 118 valence electrons. The zero-order valence-corrected chi connectivity index (χ0v) is 14.2. The van der Waals surface area contributed by atoms with E-state index in [1.807, 2.05) is 17.5 Å². The van der Waals surface area contributed by atoms with Crippen molar-refractivity contribution in [1.82, 2.24) is 4.98 Å². The van der Waals surface area contributed by atoms with Gasteiger partial charge in [0.15, 0.2) is 0 Å². The van der Waals surface area contributed by atoms with E-state index in [9.17, 15) is 9.59 Å². The summed E-state index contributed by atoms with van der Waals surface area (Å²) in [5, 5.41) is 9.86. The third kappa shape index (κ3) is 6.00. The number of aromatic amines is 1. The minimum atomic E-state index is -0.860. The molecular formula is C14H15NO4S3. The molecule has 1 atom stereocenters. The van der Waals surface area contributed by atoms with Crippen molar-refractivity contribution in [3.05, 3.63) is 50.9 Å². The maximum atomic E-state index is 10.9. The van der Waals surface area contributed by atoms with E-state index in [2.05, 4.69) is 22.3 Å². The SMILES string of the molecule is COC(=O)c1ccc[nH]c1=S.O=C(O)C(S)Cc1cccs1. The second-order valence-electron chi connectivity index (χ2n) is 4.04. The minimum Gasteiger partial charge on any atom is -0.480 e. The third-order valence-corrected chi connectivity index (χ3v) is 4.12. The second kappa shape index (κ2) is 9.39. The molecule has 8 heteroatoms. The summed E-state index contributed by atoms with van der Waals surface area (Å²) in [6.07, 6.45) is 2.17. The highest BCUT2D eigenvalue weighted by Gasteiger charge is 2.12. The Morgan fingerprint density at radius 3 is 2.68 bits per heavy atom. The number of aromatic nitrogens is 1. The number of pyridine rings is 1. The number of H-pyrrole nitrogens is 1. The van der Waals surface area contributed by atoms with Crippen LogP contribution >= 0.6 is 36.2 Å². The molecule has 0 aliphatic heterocycles. The lowest BCUT2D eigenvalue weighted by atomic mass is 10.2. The number of carbonyl (C=O) groups excluding carboxylic acids is 1. The van der Waals surface area contributed by atoms with Crippen LogP contribution in [-0.2, 0) is 16.0 Å². The fourth-order valence-corrected chi connectivity index (χ4v) is 2.69. The molecule has 2 aromatic heterocycles. The Morgan fingerprint density at radius 1 is 1.45 bits per heavy atom. The number of carboxylic acids is 1. The number of rotatable bonds is 4. The third-order valence-electron chi connectivity index (χ3n) is 2.48. The van der Waals surface area contributed by atoms with Crippen LogP contribution in [0.2, 0.25) is 0 Å². The number of thiophene rings is 1. The lowest BCUT2D eigenvalue weighted by Crippen LogP contribution is -2.15. The molecule has 0 saturated heterocycles. The molecule has 1 unspecified atom stereocenters. The summed E-state index contributed by atoms with van der Waals surface area (Å²) in [7, 11) is 1.32. The fourth-order valence-electron chi connectivity index (χ4n) is 1.40. The van der Waals surface area contributed by atoms with Crippen LogP contribution in [0.15, 0.2) is 35.8 Å². The molecule has 22 heavy (non-hydrogen) atoms. The van der Waals surface area contributed by atoms with Crippen molar-refractivity contribution in [2.24, 2.45) is 0 Å². The molecule has 2 heterocycles. The number of aliphatic carboxylic acids is 1. The predicted octanol–water partition coefficient (Wildman–Crippen LogP) is 3.20. The van der Waals surface area contributed by atoms with Gasteiger partial charge in [-0.3, -0.25) is 4.79 Å². The van der Waals surface area contributed by atoms with E-state index >= 15 is 0 Å². The van der Waals surface area contributed by atoms with E-state index in [4.69, 9.17) is 17.3 Å². The molecule has 0 spiro atoms. The Morgan fingerprint density at radius 2 is 2.18 bits per heavy atom. The van der Waals surface area contributed by atoms with Crippen LogP contribution in [0.3, 0.4) is 0 Å². The molecular weight excluding hydrogens is 342 g/mol. The van der Waals surface area contributed by atoms with Crippen LogP contribution < -0.4 is 0 Å². The van der Waals surface area contributed by atoms with Gasteiger partial charge in [0.2, 0.25) is 0 Å². The topological polar surface area (TPSA) is 79.4 Å². The van der Waals surface area contributed by atoms with Gasteiger partial charge in [-0.1, -0.05) is 18.3 Å². The van der Waals surface area contributed by atoms with E-state index in [0.29, 0.717) is 16.6 Å². The first-order valence-corrected chi connectivity index (χ1v) is 7.95. The van der Waals surface area contributed by atoms with Crippen molar-refractivity contribution in [2.75, 3.05) is 7.11 Å². The lowest BCUT2D eigenvalue weighted by Gasteiger charge is -2.00. The number of carboxylic acid groups (broad SMARTS) is 1. The molecule has 0 saturated carbocycles. The van der Waals surface area contributed by atoms with Crippen molar-refractivity contribution in [3.8, 4) is 0 Å². The van der Waals surface area contributed by atoms with Crippen molar-refractivity contribution >= 4 is 48.1 Å². The predicted molar refractivity (Wildman–Crippen MR) is 91.4 cm³/mol. The molecule has 0 radical (unpaired) electrons. The first-order valence-electron chi connectivity index (χ1n) is 6.15. The molecule has 0 bridgehead atoms. The number of carbonyl (C=O) groups is 2. The largest absolute Gasteiger partial charge is 0.480 e. The molecule has 0 aliphatic carbocycles. The number of thiol groups is 1. The Kier molecular flexibility index (Phi) is 7.86. The van der Waals surface area contributed by atoms with Gasteiger partial charge < -0.3 is 14.8 Å². The molecule has 0 aromatic carbocycles. The van der Waals surface area contributed by atoms with Crippen LogP contribution in [0.4, 0.5) is 0 Å². The second-order valence-corrected chi connectivity index (χ2v) is 6.11. The fraction of sp³-hybridized carbons (Fsp3) is 0.214. The Labute approximate surface area is 142 Å². The van der Waals surface area contributed by atoms with E-state index < -0.39 is 17.2 Å². The average Bonchev–Trinajstić information content (AvgIpc) is 3.00. The maximum absolute atomic E-state index is 10.9. The summed E-state index contributed by atoms with van der Waals surface area (Å²) >= 11 is 10.3. The highest BCUT2D eigenvalue weighted by atomic mass is 32.1. The maximum Gasteiger partial charge on any atom is 0.340 e. The molecule has 2 N–H and O–H groups in total.